The first-order valence-electron chi connectivity index (χ1n) is 8.37. The van der Waals surface area contributed by atoms with Gasteiger partial charge in [-0.1, -0.05) is 35.0 Å². The van der Waals surface area contributed by atoms with Crippen molar-refractivity contribution in [2.75, 3.05) is 18.2 Å². The summed E-state index contributed by atoms with van der Waals surface area (Å²) in [4.78, 5) is 36.7. The molecule has 10 heteroatoms. The molecule has 2 heterocycles. The third-order valence-electron chi connectivity index (χ3n) is 3.99. The van der Waals surface area contributed by atoms with Crippen LogP contribution in [0.15, 0.2) is 11.4 Å². The number of rotatable bonds is 7. The van der Waals surface area contributed by atoms with Crippen molar-refractivity contribution in [1.29, 1.82) is 0 Å². The molecule has 1 N–H and O–H groups in total. The van der Waals surface area contributed by atoms with Crippen molar-refractivity contribution in [3.63, 3.8) is 0 Å². The molecule has 0 unspecified atom stereocenters. The second-order valence-electron chi connectivity index (χ2n) is 5.96. The summed E-state index contributed by atoms with van der Waals surface area (Å²) in [6, 6.07) is 0. The minimum absolute atomic E-state index is 0.121. The van der Waals surface area contributed by atoms with Crippen LogP contribution in [0.25, 0.3) is 0 Å². The van der Waals surface area contributed by atoms with E-state index in [0.29, 0.717) is 22.2 Å². The van der Waals surface area contributed by atoms with E-state index < -0.39 is 18.5 Å². The van der Waals surface area contributed by atoms with Crippen molar-refractivity contribution in [3.05, 3.63) is 38.8 Å². The maximum atomic E-state index is 12.0. The fourth-order valence-electron chi connectivity index (χ4n) is 2.42. The lowest BCUT2D eigenvalue weighted by atomic mass is 10.1. The van der Waals surface area contributed by atoms with Crippen molar-refractivity contribution in [3.8, 4) is 0 Å². The van der Waals surface area contributed by atoms with Crippen molar-refractivity contribution < 1.29 is 14.3 Å². The first kappa shape index (κ1) is 22.4. The predicted molar refractivity (Wildman–Crippen MR) is 110 cm³/mol. The average molecular weight is 443 g/mol. The molecule has 0 saturated heterocycles. The van der Waals surface area contributed by atoms with Gasteiger partial charge in [-0.15, -0.1) is 0 Å². The van der Waals surface area contributed by atoms with Crippen LogP contribution in [-0.2, 0) is 20.7 Å². The third kappa shape index (κ3) is 5.80. The topological polar surface area (TPSA) is 94.1 Å². The van der Waals surface area contributed by atoms with Crippen LogP contribution in [0.3, 0.4) is 0 Å². The van der Waals surface area contributed by atoms with E-state index in [1.807, 2.05) is 20.1 Å². The number of halogens is 2. The van der Waals surface area contributed by atoms with Crippen LogP contribution < -0.4 is 5.32 Å². The normalized spacial score (nSPS) is 10.6. The van der Waals surface area contributed by atoms with Gasteiger partial charge in [-0.25, -0.2) is 15.0 Å². The number of aryl methyl sites for hydroxylation is 2. The molecular weight excluding hydrogens is 423 g/mol. The van der Waals surface area contributed by atoms with Crippen LogP contribution in [0.5, 0.6) is 0 Å². The van der Waals surface area contributed by atoms with Crippen LogP contribution >= 0.6 is 35.0 Å². The van der Waals surface area contributed by atoms with Crippen LogP contribution in [0, 0.1) is 20.8 Å². The largest absolute Gasteiger partial charge is 0.456 e. The van der Waals surface area contributed by atoms with Crippen molar-refractivity contribution in [1.82, 2.24) is 15.0 Å². The molecule has 0 bridgehead atoms. The molecule has 0 saturated carbocycles. The lowest BCUT2D eigenvalue weighted by Crippen LogP contribution is -2.22. The number of pyridine rings is 1. The maximum Gasteiger partial charge on any atom is 0.306 e. The molecule has 2 rings (SSSR count). The monoisotopic (exact) mass is 442 g/mol. The Bertz CT molecular complexity index is 886. The Morgan fingerprint density at radius 3 is 2.43 bits per heavy atom. The molecule has 150 valence electrons. The maximum absolute atomic E-state index is 12.0. The van der Waals surface area contributed by atoms with Crippen molar-refractivity contribution in [2.45, 2.75) is 38.8 Å². The van der Waals surface area contributed by atoms with Gasteiger partial charge in [-0.05, 0) is 44.6 Å². The molecule has 0 radical (unpaired) electrons. The predicted octanol–water partition coefficient (Wildman–Crippen LogP) is 3.94. The third-order valence-corrected chi connectivity index (χ3v) is 5.38. The van der Waals surface area contributed by atoms with E-state index in [1.54, 1.807) is 6.92 Å². The van der Waals surface area contributed by atoms with E-state index in [0.717, 1.165) is 17.0 Å². The zero-order valence-electron chi connectivity index (χ0n) is 15.9. The Morgan fingerprint density at radius 2 is 1.82 bits per heavy atom. The van der Waals surface area contributed by atoms with Gasteiger partial charge in [0.1, 0.15) is 0 Å². The molecule has 28 heavy (non-hydrogen) atoms. The molecular formula is C18H20Cl2N4O3S. The number of aromatic nitrogens is 3. The summed E-state index contributed by atoms with van der Waals surface area (Å²) in [7, 11) is 0. The number of esters is 1. The standard InChI is InChI=1S/C18H20Cl2N4O3S/c1-9-13(19)7-21-17(16(9)20)24-14(25)8-27-15(26)6-5-12-10(2)22-18(28-4)23-11(12)3/h7H,5-6,8H2,1-4H3,(H,21,24,25). The summed E-state index contributed by atoms with van der Waals surface area (Å²) in [5, 5.41) is 3.84. The van der Waals surface area contributed by atoms with Gasteiger partial charge in [0, 0.05) is 24.0 Å². The van der Waals surface area contributed by atoms with Crippen molar-refractivity contribution in [2.24, 2.45) is 0 Å². The molecule has 0 aliphatic carbocycles. The van der Waals surface area contributed by atoms with Gasteiger partial charge in [0.2, 0.25) is 0 Å². The Kier molecular flexibility index (Phi) is 8.03. The van der Waals surface area contributed by atoms with Gasteiger partial charge >= 0.3 is 5.97 Å². The molecule has 0 fully saturated rings. The molecule has 7 nitrogen and oxygen atoms in total. The number of carbonyl (C=O) groups is 2. The summed E-state index contributed by atoms with van der Waals surface area (Å²) in [5.41, 5.74) is 3.18. The number of amides is 1. The first-order valence-corrected chi connectivity index (χ1v) is 10.3. The first-order chi connectivity index (χ1) is 13.2. The zero-order valence-corrected chi connectivity index (χ0v) is 18.3. The van der Waals surface area contributed by atoms with Crippen LogP contribution in [0.2, 0.25) is 10.0 Å². The molecule has 0 aliphatic rings. The Morgan fingerprint density at radius 1 is 1.18 bits per heavy atom. The smallest absolute Gasteiger partial charge is 0.306 e. The van der Waals surface area contributed by atoms with Gasteiger partial charge in [-0.3, -0.25) is 9.59 Å². The average Bonchev–Trinajstić information content (AvgIpc) is 2.66. The van der Waals surface area contributed by atoms with Gasteiger partial charge < -0.3 is 10.1 Å². The van der Waals surface area contributed by atoms with E-state index in [4.69, 9.17) is 27.9 Å². The molecule has 1 amide bonds. The molecule has 2 aromatic heterocycles. The van der Waals surface area contributed by atoms with Gasteiger partial charge in [0.25, 0.3) is 5.91 Å². The molecule has 2 aromatic rings. The summed E-state index contributed by atoms with van der Waals surface area (Å²) >= 11 is 13.5. The van der Waals surface area contributed by atoms with Crippen LogP contribution in [0.1, 0.15) is 28.9 Å². The molecule has 0 atom stereocenters. The van der Waals surface area contributed by atoms with Crippen molar-refractivity contribution >= 4 is 52.7 Å². The number of hydrogen-bond donors (Lipinski definition) is 1. The van der Waals surface area contributed by atoms with E-state index in [2.05, 4.69) is 20.3 Å². The van der Waals surface area contributed by atoms with Crippen LogP contribution in [0.4, 0.5) is 5.82 Å². The zero-order chi connectivity index (χ0) is 20.8. The number of nitrogens with zero attached hydrogens (tertiary/aromatic N) is 3. The fraction of sp³-hybridized carbons (Fsp3) is 0.389. The van der Waals surface area contributed by atoms with Crippen LogP contribution in [-0.4, -0.2) is 39.7 Å². The molecule has 0 aromatic carbocycles. The van der Waals surface area contributed by atoms with E-state index >= 15 is 0 Å². The number of nitrogens with one attached hydrogen (secondary N) is 1. The summed E-state index contributed by atoms with van der Waals surface area (Å²) in [6.45, 7) is 5.04. The summed E-state index contributed by atoms with van der Waals surface area (Å²) < 4.78 is 5.02. The second-order valence-corrected chi connectivity index (χ2v) is 7.52. The van der Waals surface area contributed by atoms with E-state index in [1.165, 1.54) is 18.0 Å². The minimum Gasteiger partial charge on any atom is -0.456 e. The van der Waals surface area contributed by atoms with Gasteiger partial charge in [0.05, 0.1) is 10.0 Å². The Hall–Kier alpha value is -1.90. The molecule has 0 spiro atoms. The van der Waals surface area contributed by atoms with Gasteiger partial charge in [-0.2, -0.15) is 0 Å². The lowest BCUT2D eigenvalue weighted by Gasteiger charge is -2.11. The fourth-order valence-corrected chi connectivity index (χ4v) is 3.27. The van der Waals surface area contributed by atoms with E-state index in [9.17, 15) is 9.59 Å². The quantitative estimate of drug-likeness (QED) is 0.394. The highest BCUT2D eigenvalue weighted by atomic mass is 35.5. The minimum atomic E-state index is -0.538. The lowest BCUT2D eigenvalue weighted by molar-refractivity contribution is -0.147. The van der Waals surface area contributed by atoms with E-state index in [-0.39, 0.29) is 17.3 Å². The number of ether oxygens (including phenoxy) is 1. The SMILES string of the molecule is CSc1nc(C)c(CCC(=O)OCC(=O)Nc2ncc(Cl)c(C)c2Cl)c(C)n1. The number of carbonyl (C=O) groups excluding carboxylic acids is 2. The number of anilines is 1. The highest BCUT2D eigenvalue weighted by Crippen LogP contribution is 2.28. The second kappa shape index (κ2) is 10.0. The highest BCUT2D eigenvalue weighted by molar-refractivity contribution is 7.98. The summed E-state index contributed by atoms with van der Waals surface area (Å²) in [6.07, 6.45) is 3.86. The van der Waals surface area contributed by atoms with Gasteiger partial charge in [0.15, 0.2) is 17.6 Å². The number of thioether (sulfide) groups is 1. The summed E-state index contributed by atoms with van der Waals surface area (Å²) in [5.74, 6) is -0.861. The Labute approximate surface area is 177 Å². The number of hydrogen-bond acceptors (Lipinski definition) is 7. The highest BCUT2D eigenvalue weighted by Gasteiger charge is 2.15. The Balaban J connectivity index is 1.86. The molecule has 0 aliphatic heterocycles.